The van der Waals surface area contributed by atoms with Gasteiger partial charge in [-0.05, 0) is 18.2 Å². The van der Waals surface area contributed by atoms with Gasteiger partial charge in [0, 0.05) is 11.8 Å². The summed E-state index contributed by atoms with van der Waals surface area (Å²) in [6, 6.07) is 7.73. The molecule has 1 unspecified atom stereocenters. The molecule has 0 aliphatic carbocycles. The van der Waals surface area contributed by atoms with Crippen molar-refractivity contribution in [3.63, 3.8) is 0 Å². The average Bonchev–Trinajstić information content (AvgIpc) is 2.44. The molecule has 2 rings (SSSR count). The summed E-state index contributed by atoms with van der Waals surface area (Å²) in [5, 5.41) is 3.34. The van der Waals surface area contributed by atoms with Crippen LogP contribution in [0.2, 0.25) is 10.0 Å². The van der Waals surface area contributed by atoms with E-state index in [2.05, 4.69) is 10.3 Å². The molecule has 1 aromatic carbocycles. The highest BCUT2D eigenvalue weighted by Crippen LogP contribution is 2.22. The first kappa shape index (κ1) is 16.7. The summed E-state index contributed by atoms with van der Waals surface area (Å²) in [5.74, 6) is -0.204. The molecule has 1 heterocycles. The number of nitrogens with zero attached hydrogens (tertiary/aromatic N) is 1. The summed E-state index contributed by atoms with van der Waals surface area (Å²) in [6.07, 6.45) is 1.41. The number of amides is 1. The number of hydrogen-bond acceptors (Lipinski definition) is 2. The molecule has 2 aromatic rings. The summed E-state index contributed by atoms with van der Waals surface area (Å²) in [4.78, 5) is 16.9. The summed E-state index contributed by atoms with van der Waals surface area (Å²) >= 11 is 11.7. The Morgan fingerprint density at radius 1 is 1.32 bits per heavy atom. The van der Waals surface area contributed by atoms with E-state index >= 15 is 0 Å². The second kappa shape index (κ2) is 7.54. The molecule has 7 heteroatoms. The maximum atomic E-state index is 12.8. The van der Waals surface area contributed by atoms with Crippen molar-refractivity contribution in [3.8, 4) is 0 Å². The van der Waals surface area contributed by atoms with Crippen LogP contribution in [0.1, 0.15) is 5.56 Å². The van der Waals surface area contributed by atoms with E-state index in [0.29, 0.717) is 11.6 Å². The minimum Gasteiger partial charge on any atom is -0.326 e. The van der Waals surface area contributed by atoms with Crippen molar-refractivity contribution >= 4 is 34.9 Å². The summed E-state index contributed by atoms with van der Waals surface area (Å²) in [7, 11) is 1.87. The normalized spacial score (nSPS) is 12.0. The molecule has 22 heavy (non-hydrogen) atoms. The van der Waals surface area contributed by atoms with E-state index in [-0.39, 0.29) is 29.1 Å². The summed E-state index contributed by atoms with van der Waals surface area (Å²) in [5.41, 5.74) is 0.953. The van der Waals surface area contributed by atoms with Crippen LogP contribution in [0.25, 0.3) is 0 Å². The molecular formula is C15H15Cl2FN3O+. The molecule has 0 bridgehead atoms. The van der Waals surface area contributed by atoms with E-state index in [1.165, 1.54) is 24.4 Å². The molecule has 0 saturated carbocycles. The van der Waals surface area contributed by atoms with Crippen molar-refractivity contribution in [1.29, 1.82) is 0 Å². The van der Waals surface area contributed by atoms with Crippen LogP contribution in [0.15, 0.2) is 36.5 Å². The molecule has 1 amide bonds. The molecule has 1 aromatic heterocycles. The first-order valence-corrected chi connectivity index (χ1v) is 7.36. The Labute approximate surface area is 137 Å². The highest BCUT2D eigenvalue weighted by molar-refractivity contribution is 6.36. The molecule has 116 valence electrons. The van der Waals surface area contributed by atoms with E-state index < -0.39 is 0 Å². The van der Waals surface area contributed by atoms with Crippen LogP contribution in [-0.4, -0.2) is 24.5 Å². The van der Waals surface area contributed by atoms with Crippen LogP contribution in [0.5, 0.6) is 0 Å². The lowest BCUT2D eigenvalue weighted by Gasteiger charge is -2.14. The zero-order valence-electron chi connectivity index (χ0n) is 11.9. The first-order chi connectivity index (χ1) is 10.4. The number of nitrogens with one attached hydrogen (secondary N) is 2. The molecule has 0 aliphatic heterocycles. The van der Waals surface area contributed by atoms with Crippen molar-refractivity contribution < 1.29 is 14.1 Å². The monoisotopic (exact) mass is 342 g/mol. The maximum Gasteiger partial charge on any atom is 0.280 e. The fraction of sp³-hybridized carbons (Fsp3) is 0.200. The molecule has 1 atom stereocenters. The zero-order chi connectivity index (χ0) is 16.1. The van der Waals surface area contributed by atoms with Crippen molar-refractivity contribution in [3.05, 3.63) is 58.0 Å². The molecule has 0 aliphatic rings. The minimum atomic E-state index is -0.275. The number of carbonyl (C=O) groups excluding carboxylic acids is 1. The van der Waals surface area contributed by atoms with Crippen LogP contribution < -0.4 is 10.2 Å². The second-order valence-corrected chi connectivity index (χ2v) is 5.81. The third-order valence-electron chi connectivity index (χ3n) is 2.95. The number of likely N-dealkylation sites (N-methyl/N-ethyl adjacent to an activating group) is 1. The predicted octanol–water partition coefficient (Wildman–Crippen LogP) is 2.18. The first-order valence-electron chi connectivity index (χ1n) is 6.60. The zero-order valence-corrected chi connectivity index (χ0v) is 13.4. The van der Waals surface area contributed by atoms with Crippen molar-refractivity contribution in [2.24, 2.45) is 0 Å². The lowest BCUT2D eigenvalue weighted by Crippen LogP contribution is -3.08. The van der Waals surface area contributed by atoms with Gasteiger partial charge in [-0.15, -0.1) is 0 Å². The highest BCUT2D eigenvalue weighted by atomic mass is 35.5. The SMILES string of the molecule is C[NH+](CC(=O)Nc1ncc(Cl)cc1Cl)Cc1ccc(F)cc1. The van der Waals surface area contributed by atoms with Gasteiger partial charge in [-0.3, -0.25) is 4.79 Å². The Bertz CT molecular complexity index is 664. The van der Waals surface area contributed by atoms with Crippen LogP contribution in [0.3, 0.4) is 0 Å². The largest absolute Gasteiger partial charge is 0.326 e. The van der Waals surface area contributed by atoms with Crippen molar-refractivity contribution in [1.82, 2.24) is 4.98 Å². The molecule has 0 radical (unpaired) electrons. The standard InChI is InChI=1S/C15H14Cl2FN3O/c1-21(8-10-2-4-12(18)5-3-10)9-14(22)20-15-13(17)6-11(16)7-19-15/h2-7H,8-9H2,1H3,(H,19,20,22)/p+1. The van der Waals surface area contributed by atoms with Gasteiger partial charge in [0.25, 0.3) is 5.91 Å². The number of anilines is 1. The number of pyridine rings is 1. The molecule has 2 N–H and O–H groups in total. The number of hydrogen-bond donors (Lipinski definition) is 2. The Balaban J connectivity index is 1.89. The maximum absolute atomic E-state index is 12.8. The lowest BCUT2D eigenvalue weighted by atomic mass is 10.2. The van der Waals surface area contributed by atoms with Crippen LogP contribution in [0, 0.1) is 5.82 Å². The number of aromatic nitrogens is 1. The van der Waals surface area contributed by atoms with Crippen molar-refractivity contribution in [2.45, 2.75) is 6.54 Å². The Morgan fingerprint density at radius 3 is 2.64 bits per heavy atom. The molecular weight excluding hydrogens is 328 g/mol. The number of halogens is 3. The van der Waals surface area contributed by atoms with E-state index in [0.717, 1.165) is 10.5 Å². The van der Waals surface area contributed by atoms with Gasteiger partial charge in [0.05, 0.1) is 17.1 Å². The lowest BCUT2D eigenvalue weighted by molar-refractivity contribution is -0.885. The summed E-state index contributed by atoms with van der Waals surface area (Å²) < 4.78 is 12.8. The van der Waals surface area contributed by atoms with Gasteiger partial charge in [-0.25, -0.2) is 9.37 Å². The van der Waals surface area contributed by atoms with Crippen LogP contribution in [0.4, 0.5) is 10.2 Å². The van der Waals surface area contributed by atoms with E-state index in [1.54, 1.807) is 12.1 Å². The van der Waals surface area contributed by atoms with Gasteiger partial charge in [0.1, 0.15) is 12.4 Å². The van der Waals surface area contributed by atoms with E-state index in [1.807, 2.05) is 7.05 Å². The third kappa shape index (κ3) is 4.94. The molecule has 0 fully saturated rings. The smallest absolute Gasteiger partial charge is 0.280 e. The van der Waals surface area contributed by atoms with Gasteiger partial charge in [-0.1, -0.05) is 35.3 Å². The van der Waals surface area contributed by atoms with Gasteiger partial charge >= 0.3 is 0 Å². The highest BCUT2D eigenvalue weighted by Gasteiger charge is 2.13. The molecule has 4 nitrogen and oxygen atoms in total. The second-order valence-electron chi connectivity index (χ2n) is 4.97. The number of rotatable bonds is 5. The topological polar surface area (TPSA) is 46.4 Å². The van der Waals surface area contributed by atoms with Gasteiger partial charge in [0.2, 0.25) is 0 Å². The Morgan fingerprint density at radius 2 is 2.00 bits per heavy atom. The van der Waals surface area contributed by atoms with Crippen LogP contribution in [-0.2, 0) is 11.3 Å². The quantitative estimate of drug-likeness (QED) is 0.874. The van der Waals surface area contributed by atoms with Gasteiger partial charge in [0.15, 0.2) is 12.4 Å². The minimum absolute atomic E-state index is 0.212. The van der Waals surface area contributed by atoms with Crippen LogP contribution >= 0.6 is 23.2 Å². The average molecular weight is 343 g/mol. The Hall–Kier alpha value is -1.69. The van der Waals surface area contributed by atoms with E-state index in [9.17, 15) is 9.18 Å². The number of carbonyl (C=O) groups is 1. The third-order valence-corrected chi connectivity index (χ3v) is 3.44. The fourth-order valence-corrected chi connectivity index (χ4v) is 2.40. The Kier molecular flexibility index (Phi) is 5.71. The fourth-order valence-electron chi connectivity index (χ4n) is 1.97. The molecule has 0 saturated heterocycles. The predicted molar refractivity (Wildman–Crippen MR) is 84.7 cm³/mol. The number of benzene rings is 1. The number of quaternary nitrogens is 1. The summed E-state index contributed by atoms with van der Waals surface area (Å²) in [6.45, 7) is 0.841. The molecule has 0 spiro atoms. The van der Waals surface area contributed by atoms with E-state index in [4.69, 9.17) is 23.2 Å². The van der Waals surface area contributed by atoms with Gasteiger partial charge < -0.3 is 10.2 Å². The van der Waals surface area contributed by atoms with Crippen molar-refractivity contribution in [2.75, 3.05) is 18.9 Å². The van der Waals surface area contributed by atoms with Gasteiger partial charge in [-0.2, -0.15) is 0 Å².